The van der Waals surface area contributed by atoms with Crippen LogP contribution in [0.2, 0.25) is 0 Å². The zero-order chi connectivity index (χ0) is 20.1. The summed E-state index contributed by atoms with van der Waals surface area (Å²) in [5, 5.41) is 0. The molecule has 3 aliphatic heterocycles. The Kier molecular flexibility index (Phi) is 4.12. The average Bonchev–Trinajstić information content (AvgIpc) is 3.23. The second-order valence-electron chi connectivity index (χ2n) is 7.87. The molecule has 146 valence electrons. The molecule has 2 aromatic carbocycles. The summed E-state index contributed by atoms with van der Waals surface area (Å²) in [6, 6.07) is 15.9. The molecule has 29 heavy (non-hydrogen) atoms. The van der Waals surface area contributed by atoms with E-state index >= 15 is 0 Å². The second kappa shape index (κ2) is 6.69. The Morgan fingerprint density at radius 2 is 1.62 bits per heavy atom. The van der Waals surface area contributed by atoms with Crippen LogP contribution in [-0.4, -0.2) is 41.1 Å². The number of benzene rings is 2. The fourth-order valence-electron chi connectivity index (χ4n) is 5.09. The van der Waals surface area contributed by atoms with Crippen molar-refractivity contribution in [1.29, 1.82) is 0 Å². The Bertz CT molecular complexity index is 1030. The number of ketones is 1. The zero-order valence-corrected chi connectivity index (χ0v) is 16.2. The number of Topliss-reactive ketones (excluding diaryl/α,β-unsaturated/α-hetero) is 1. The van der Waals surface area contributed by atoms with Gasteiger partial charge >= 0.3 is 0 Å². The van der Waals surface area contributed by atoms with Gasteiger partial charge in [0.15, 0.2) is 5.78 Å². The summed E-state index contributed by atoms with van der Waals surface area (Å²) in [7, 11) is 0. The maximum absolute atomic E-state index is 13.6. The quantitative estimate of drug-likeness (QED) is 0.598. The normalized spacial score (nSPS) is 27.1. The lowest BCUT2D eigenvalue weighted by molar-refractivity contribution is -0.140. The third-order valence-electron chi connectivity index (χ3n) is 6.28. The molecule has 2 amide bonds. The Labute approximate surface area is 169 Å². The van der Waals surface area contributed by atoms with E-state index in [1.54, 1.807) is 12.1 Å². The number of para-hydroxylation sites is 1. The predicted molar refractivity (Wildman–Crippen MR) is 110 cm³/mol. The lowest BCUT2D eigenvalue weighted by Crippen LogP contribution is -2.48. The Morgan fingerprint density at radius 1 is 0.931 bits per heavy atom. The molecule has 0 radical (unpaired) electrons. The number of carbonyl (C=O) groups excluding carboxylic acids is 3. The van der Waals surface area contributed by atoms with Crippen LogP contribution in [0.4, 0.5) is 5.69 Å². The van der Waals surface area contributed by atoms with Crippen molar-refractivity contribution < 1.29 is 14.4 Å². The van der Waals surface area contributed by atoms with E-state index in [9.17, 15) is 14.4 Å². The van der Waals surface area contributed by atoms with Gasteiger partial charge in [-0.25, -0.2) is 0 Å². The van der Waals surface area contributed by atoms with E-state index in [2.05, 4.69) is 0 Å². The number of amides is 2. The van der Waals surface area contributed by atoms with Crippen LogP contribution in [0, 0.1) is 11.8 Å². The van der Waals surface area contributed by atoms with Crippen LogP contribution < -0.4 is 4.90 Å². The van der Waals surface area contributed by atoms with Crippen LogP contribution in [0.25, 0.3) is 6.08 Å². The van der Waals surface area contributed by atoms with Crippen LogP contribution >= 0.6 is 0 Å². The lowest BCUT2D eigenvalue weighted by Gasteiger charge is -2.36. The number of anilines is 1. The molecule has 0 bridgehead atoms. The van der Waals surface area contributed by atoms with E-state index in [0.29, 0.717) is 18.5 Å². The van der Waals surface area contributed by atoms with Gasteiger partial charge in [0.05, 0.1) is 17.9 Å². The van der Waals surface area contributed by atoms with Gasteiger partial charge < -0.3 is 4.90 Å². The fourth-order valence-corrected chi connectivity index (χ4v) is 5.09. The van der Waals surface area contributed by atoms with Gasteiger partial charge in [0.25, 0.3) is 0 Å². The summed E-state index contributed by atoms with van der Waals surface area (Å²) in [4.78, 5) is 43.5. The molecule has 0 saturated carbocycles. The summed E-state index contributed by atoms with van der Waals surface area (Å²) < 4.78 is 0. The van der Waals surface area contributed by atoms with Crippen LogP contribution in [0.3, 0.4) is 0 Å². The highest BCUT2D eigenvalue weighted by Gasteiger charge is 2.63. The average molecular weight is 386 g/mol. The molecule has 5 rings (SSSR count). The maximum atomic E-state index is 13.6. The molecular weight excluding hydrogens is 364 g/mol. The van der Waals surface area contributed by atoms with Crippen LogP contribution in [0.5, 0.6) is 0 Å². The van der Waals surface area contributed by atoms with Gasteiger partial charge in [-0.05, 0) is 18.1 Å². The molecular formula is C24H22N2O3. The number of imide groups is 1. The van der Waals surface area contributed by atoms with Crippen molar-refractivity contribution in [3.05, 3.63) is 71.8 Å². The Hall–Kier alpha value is -3.21. The first-order valence-electron chi connectivity index (χ1n) is 10.1. The van der Waals surface area contributed by atoms with Crippen molar-refractivity contribution >= 4 is 29.4 Å². The first-order valence-corrected chi connectivity index (χ1v) is 10.1. The minimum Gasteiger partial charge on any atom is -0.352 e. The predicted octanol–water partition coefficient (Wildman–Crippen LogP) is 3.16. The first-order chi connectivity index (χ1) is 14.1. The van der Waals surface area contributed by atoms with Gasteiger partial charge in [0, 0.05) is 17.8 Å². The standard InChI is InChI=1S/C24H22N2O3/c1-2-14-25-23(28)19-18-13-12-15-8-6-7-11-17(15)26(18)21(20(19)24(25)29)22(27)16-9-4-3-5-10-16/h3-13,18-21H,2,14H2,1H3/t18-,19+,20+,21-/m1/s1. The summed E-state index contributed by atoms with van der Waals surface area (Å²) in [6.07, 6.45) is 4.70. The fraction of sp³-hybridized carbons (Fsp3) is 0.292. The molecule has 4 atom stereocenters. The molecule has 0 unspecified atom stereocenters. The Morgan fingerprint density at radius 3 is 2.38 bits per heavy atom. The lowest BCUT2D eigenvalue weighted by atomic mass is 9.86. The van der Waals surface area contributed by atoms with Crippen molar-refractivity contribution in [3.8, 4) is 0 Å². The van der Waals surface area contributed by atoms with Crippen LogP contribution in [0.15, 0.2) is 60.7 Å². The van der Waals surface area contributed by atoms with Crippen molar-refractivity contribution in [2.24, 2.45) is 11.8 Å². The van der Waals surface area contributed by atoms with Gasteiger partial charge in [-0.1, -0.05) is 67.6 Å². The smallest absolute Gasteiger partial charge is 0.235 e. The minimum absolute atomic E-state index is 0.104. The molecule has 5 heteroatoms. The van der Waals surface area contributed by atoms with Gasteiger partial charge in [0.2, 0.25) is 11.8 Å². The number of likely N-dealkylation sites (tertiary alicyclic amines) is 1. The van der Waals surface area contributed by atoms with Crippen molar-refractivity contribution in [1.82, 2.24) is 4.90 Å². The highest BCUT2D eigenvalue weighted by atomic mass is 16.2. The number of nitrogens with zero attached hydrogens (tertiary/aromatic N) is 2. The minimum atomic E-state index is -0.684. The van der Waals surface area contributed by atoms with E-state index < -0.39 is 17.9 Å². The molecule has 0 aliphatic carbocycles. The summed E-state index contributed by atoms with van der Waals surface area (Å²) >= 11 is 0. The van der Waals surface area contributed by atoms with E-state index in [1.807, 2.05) is 66.4 Å². The van der Waals surface area contributed by atoms with Gasteiger partial charge in [-0.2, -0.15) is 0 Å². The van der Waals surface area contributed by atoms with E-state index in [0.717, 1.165) is 11.3 Å². The molecule has 2 saturated heterocycles. The van der Waals surface area contributed by atoms with E-state index in [1.165, 1.54) is 4.90 Å². The third-order valence-corrected chi connectivity index (χ3v) is 6.28. The first kappa shape index (κ1) is 17.9. The highest BCUT2D eigenvalue weighted by molar-refractivity contribution is 6.14. The molecule has 2 fully saturated rings. The van der Waals surface area contributed by atoms with Crippen LogP contribution in [0.1, 0.15) is 29.3 Å². The van der Waals surface area contributed by atoms with Crippen molar-refractivity contribution in [3.63, 3.8) is 0 Å². The summed E-state index contributed by atoms with van der Waals surface area (Å²) in [5.41, 5.74) is 2.48. The molecule has 5 nitrogen and oxygen atoms in total. The SMILES string of the molecule is CCCN1C(=O)[C@@H]2[C@H](C1=O)[C@H](C(=O)c1ccccc1)N1c3ccccc3C=C[C@H]21. The van der Waals surface area contributed by atoms with Gasteiger partial charge in [-0.15, -0.1) is 0 Å². The number of fused-ring (bicyclic) bond motifs is 5. The topological polar surface area (TPSA) is 57.7 Å². The molecule has 3 aliphatic rings. The van der Waals surface area contributed by atoms with Crippen molar-refractivity contribution in [2.75, 3.05) is 11.4 Å². The van der Waals surface area contributed by atoms with E-state index in [-0.39, 0.29) is 23.6 Å². The number of hydrogen-bond donors (Lipinski definition) is 0. The molecule has 0 spiro atoms. The molecule has 3 heterocycles. The largest absolute Gasteiger partial charge is 0.352 e. The van der Waals surface area contributed by atoms with Crippen molar-refractivity contribution in [2.45, 2.75) is 25.4 Å². The van der Waals surface area contributed by atoms with Crippen LogP contribution in [-0.2, 0) is 9.59 Å². The summed E-state index contributed by atoms with van der Waals surface area (Å²) in [6.45, 7) is 2.36. The van der Waals surface area contributed by atoms with E-state index in [4.69, 9.17) is 0 Å². The van der Waals surface area contributed by atoms with Gasteiger partial charge in [-0.3, -0.25) is 19.3 Å². The zero-order valence-electron chi connectivity index (χ0n) is 16.2. The molecule has 0 aromatic heterocycles. The Balaban J connectivity index is 1.66. The molecule has 2 aromatic rings. The maximum Gasteiger partial charge on any atom is 0.235 e. The molecule has 0 N–H and O–H groups in total. The third kappa shape index (κ3) is 2.50. The number of carbonyl (C=O) groups is 3. The number of rotatable bonds is 4. The number of hydrogen-bond acceptors (Lipinski definition) is 4. The summed E-state index contributed by atoms with van der Waals surface area (Å²) in [5.74, 6) is -1.63. The monoisotopic (exact) mass is 386 g/mol. The highest BCUT2D eigenvalue weighted by Crippen LogP contribution is 2.48. The van der Waals surface area contributed by atoms with Gasteiger partial charge in [0.1, 0.15) is 6.04 Å². The second-order valence-corrected chi connectivity index (χ2v) is 7.87.